The molecule has 1 rings (SSSR count). The third-order valence-corrected chi connectivity index (χ3v) is 1.66. The summed E-state index contributed by atoms with van der Waals surface area (Å²) >= 11 is 0. The molecule has 0 atom stereocenters. The average Bonchev–Trinajstić information content (AvgIpc) is 2.04. The van der Waals surface area contributed by atoms with Crippen molar-refractivity contribution in [3.63, 3.8) is 0 Å². The molecule has 5 N–H and O–H groups in total. The van der Waals surface area contributed by atoms with Crippen LogP contribution in [-0.4, -0.2) is 18.2 Å². The van der Waals surface area contributed by atoms with Crippen molar-refractivity contribution in [3.05, 3.63) is 17.7 Å². The van der Waals surface area contributed by atoms with Crippen molar-refractivity contribution in [2.45, 2.75) is 0 Å². The van der Waals surface area contributed by atoms with Gasteiger partial charge in [-0.3, -0.25) is 0 Å². The Morgan fingerprint density at radius 2 is 2.08 bits per heavy atom. The molecular formula is C8H10N2O3. The topological polar surface area (TPSA) is 98.6 Å². The van der Waals surface area contributed by atoms with Crippen LogP contribution in [0.15, 0.2) is 12.1 Å². The lowest BCUT2D eigenvalue weighted by atomic mass is 10.1. The third-order valence-electron chi connectivity index (χ3n) is 1.66. The fourth-order valence-electron chi connectivity index (χ4n) is 1.03. The fourth-order valence-corrected chi connectivity index (χ4v) is 1.03. The molecule has 5 heteroatoms. The molecular weight excluding hydrogens is 172 g/mol. The van der Waals surface area contributed by atoms with Gasteiger partial charge in [-0.25, -0.2) is 4.79 Å². The first-order valence-corrected chi connectivity index (χ1v) is 3.53. The van der Waals surface area contributed by atoms with Gasteiger partial charge < -0.3 is 21.3 Å². The lowest BCUT2D eigenvalue weighted by molar-refractivity contribution is 0.0698. The van der Waals surface area contributed by atoms with Gasteiger partial charge in [0.05, 0.1) is 24.0 Å². The van der Waals surface area contributed by atoms with Gasteiger partial charge in [0, 0.05) is 0 Å². The van der Waals surface area contributed by atoms with Crippen LogP contribution in [0.4, 0.5) is 11.4 Å². The zero-order valence-corrected chi connectivity index (χ0v) is 7.07. The molecule has 0 bridgehead atoms. The van der Waals surface area contributed by atoms with Gasteiger partial charge in [0.1, 0.15) is 0 Å². The Labute approximate surface area is 74.9 Å². The van der Waals surface area contributed by atoms with Crippen LogP contribution in [0.3, 0.4) is 0 Å². The number of nitrogens with two attached hydrogens (primary N) is 2. The van der Waals surface area contributed by atoms with Crippen molar-refractivity contribution >= 4 is 17.3 Å². The van der Waals surface area contributed by atoms with E-state index in [1.54, 1.807) is 0 Å². The highest BCUT2D eigenvalue weighted by Gasteiger charge is 2.13. The molecule has 0 aromatic heterocycles. The quantitative estimate of drug-likeness (QED) is 0.580. The molecule has 0 saturated carbocycles. The number of methoxy groups -OCH3 is 1. The third kappa shape index (κ3) is 1.48. The number of hydrogen-bond acceptors (Lipinski definition) is 4. The van der Waals surface area contributed by atoms with Crippen LogP contribution in [0.2, 0.25) is 0 Å². The highest BCUT2D eigenvalue weighted by atomic mass is 16.5. The number of benzene rings is 1. The van der Waals surface area contributed by atoms with Gasteiger partial charge in [-0.05, 0) is 12.1 Å². The fraction of sp³-hybridized carbons (Fsp3) is 0.125. The van der Waals surface area contributed by atoms with Gasteiger partial charge in [0.15, 0.2) is 5.75 Å². The van der Waals surface area contributed by atoms with Crippen molar-refractivity contribution < 1.29 is 14.6 Å². The number of nitrogen functional groups attached to an aromatic ring is 2. The van der Waals surface area contributed by atoms with E-state index < -0.39 is 5.97 Å². The maximum absolute atomic E-state index is 10.6. The summed E-state index contributed by atoms with van der Waals surface area (Å²) in [5.41, 5.74) is 11.4. The van der Waals surface area contributed by atoms with Gasteiger partial charge in [0.2, 0.25) is 0 Å². The molecule has 0 aliphatic carbocycles. The zero-order valence-electron chi connectivity index (χ0n) is 7.07. The molecule has 70 valence electrons. The van der Waals surface area contributed by atoms with Crippen LogP contribution in [0.25, 0.3) is 0 Å². The minimum atomic E-state index is -1.10. The summed E-state index contributed by atoms with van der Waals surface area (Å²) < 4.78 is 4.85. The summed E-state index contributed by atoms with van der Waals surface area (Å²) in [5, 5.41) is 8.70. The normalized spacial score (nSPS) is 9.62. The van der Waals surface area contributed by atoms with E-state index in [1.165, 1.54) is 19.2 Å². The van der Waals surface area contributed by atoms with E-state index in [1.807, 2.05) is 0 Å². The molecule has 0 heterocycles. The molecule has 0 aliphatic heterocycles. The largest absolute Gasteiger partial charge is 0.492 e. The van der Waals surface area contributed by atoms with Crippen LogP contribution >= 0.6 is 0 Å². The summed E-state index contributed by atoms with van der Waals surface area (Å²) in [6, 6.07) is 2.79. The van der Waals surface area contributed by atoms with E-state index in [0.717, 1.165) is 0 Å². The van der Waals surface area contributed by atoms with Gasteiger partial charge in [-0.2, -0.15) is 0 Å². The van der Waals surface area contributed by atoms with Gasteiger partial charge in [0.25, 0.3) is 0 Å². The minimum Gasteiger partial charge on any atom is -0.492 e. The number of hydrogen-bond donors (Lipinski definition) is 3. The number of aromatic carboxylic acids is 1. The summed E-state index contributed by atoms with van der Waals surface area (Å²) in [6.45, 7) is 0. The van der Waals surface area contributed by atoms with E-state index in [2.05, 4.69) is 0 Å². The van der Waals surface area contributed by atoms with Gasteiger partial charge in [-0.1, -0.05) is 0 Å². The predicted octanol–water partition coefficient (Wildman–Crippen LogP) is 0.558. The van der Waals surface area contributed by atoms with E-state index in [-0.39, 0.29) is 17.0 Å². The Morgan fingerprint density at radius 3 is 2.54 bits per heavy atom. The van der Waals surface area contributed by atoms with Crippen LogP contribution in [0.5, 0.6) is 5.75 Å². The van der Waals surface area contributed by atoms with Gasteiger partial charge >= 0.3 is 5.97 Å². The van der Waals surface area contributed by atoms with Gasteiger partial charge in [-0.15, -0.1) is 0 Å². The van der Waals surface area contributed by atoms with Crippen molar-refractivity contribution in [1.29, 1.82) is 0 Å². The molecule has 13 heavy (non-hydrogen) atoms. The first-order valence-electron chi connectivity index (χ1n) is 3.53. The first-order chi connectivity index (χ1) is 6.07. The van der Waals surface area contributed by atoms with E-state index in [9.17, 15) is 4.79 Å². The van der Waals surface area contributed by atoms with Crippen LogP contribution < -0.4 is 16.2 Å². The van der Waals surface area contributed by atoms with Crippen LogP contribution in [0, 0.1) is 0 Å². The summed E-state index contributed by atoms with van der Waals surface area (Å²) in [5.74, 6) is -0.893. The highest BCUT2D eigenvalue weighted by molar-refractivity contribution is 5.96. The molecule has 1 aromatic carbocycles. The Balaban J connectivity index is 3.35. The Kier molecular flexibility index (Phi) is 2.27. The number of rotatable bonds is 2. The van der Waals surface area contributed by atoms with Crippen LogP contribution in [0.1, 0.15) is 10.4 Å². The number of carboxylic acids is 1. The van der Waals surface area contributed by atoms with E-state index in [0.29, 0.717) is 5.69 Å². The number of carboxylic acid groups (broad SMARTS) is 1. The SMILES string of the molecule is COc1c(N)ccc(C(=O)O)c1N. The van der Waals surface area contributed by atoms with Crippen LogP contribution in [-0.2, 0) is 0 Å². The second-order valence-electron chi connectivity index (χ2n) is 2.45. The molecule has 0 aliphatic rings. The van der Waals surface area contributed by atoms with Crippen molar-refractivity contribution in [3.8, 4) is 5.75 Å². The molecule has 0 unspecified atom stereocenters. The molecule has 0 amide bonds. The number of anilines is 2. The first kappa shape index (κ1) is 9.18. The Bertz CT molecular complexity index is 349. The summed E-state index contributed by atoms with van der Waals surface area (Å²) in [7, 11) is 1.38. The Morgan fingerprint density at radius 1 is 1.46 bits per heavy atom. The molecule has 0 saturated heterocycles. The number of ether oxygens (including phenoxy) is 1. The van der Waals surface area contributed by atoms with Crippen molar-refractivity contribution in [1.82, 2.24) is 0 Å². The molecule has 1 aromatic rings. The molecule has 0 spiro atoms. The average molecular weight is 182 g/mol. The molecule has 5 nitrogen and oxygen atoms in total. The second kappa shape index (κ2) is 3.22. The van der Waals surface area contributed by atoms with E-state index in [4.69, 9.17) is 21.3 Å². The minimum absolute atomic E-state index is 0.00829. The standard InChI is InChI=1S/C8H10N2O3/c1-13-7-5(9)3-2-4(6(7)10)8(11)12/h2-3H,9-10H2,1H3,(H,11,12). The summed E-state index contributed by atoms with van der Waals surface area (Å²) in [4.78, 5) is 10.6. The highest BCUT2D eigenvalue weighted by Crippen LogP contribution is 2.31. The van der Waals surface area contributed by atoms with Crippen molar-refractivity contribution in [2.75, 3.05) is 18.6 Å². The lowest BCUT2D eigenvalue weighted by Gasteiger charge is -2.09. The lowest BCUT2D eigenvalue weighted by Crippen LogP contribution is -2.06. The Hall–Kier alpha value is -1.91. The maximum Gasteiger partial charge on any atom is 0.337 e. The smallest absolute Gasteiger partial charge is 0.337 e. The monoisotopic (exact) mass is 182 g/mol. The molecule has 0 fully saturated rings. The zero-order chi connectivity index (χ0) is 10.0. The van der Waals surface area contributed by atoms with Crippen molar-refractivity contribution in [2.24, 2.45) is 0 Å². The second-order valence-corrected chi connectivity index (χ2v) is 2.45. The predicted molar refractivity (Wildman–Crippen MR) is 48.8 cm³/mol. The number of carbonyl (C=O) groups is 1. The van der Waals surface area contributed by atoms with E-state index >= 15 is 0 Å². The maximum atomic E-state index is 10.6. The summed E-state index contributed by atoms with van der Waals surface area (Å²) in [6.07, 6.45) is 0. The molecule has 0 radical (unpaired) electrons.